The Bertz CT molecular complexity index is 401. The lowest BCUT2D eigenvalue weighted by molar-refractivity contribution is -0.383. The number of nitro benzene ring substituents is 1. The van der Waals surface area contributed by atoms with E-state index in [1.807, 2.05) is 0 Å². The van der Waals surface area contributed by atoms with Gasteiger partial charge in [-0.05, 0) is 18.6 Å². The van der Waals surface area contributed by atoms with Crippen molar-refractivity contribution in [1.29, 1.82) is 0 Å². The van der Waals surface area contributed by atoms with Gasteiger partial charge in [0.2, 0.25) is 0 Å². The van der Waals surface area contributed by atoms with Gasteiger partial charge >= 0.3 is 0 Å². The third kappa shape index (κ3) is 4.87. The Morgan fingerprint density at radius 2 is 2.22 bits per heavy atom. The molecule has 0 aromatic heterocycles. The molecule has 0 aliphatic heterocycles. The molecular formula is C11H15ClN2O4. The van der Waals surface area contributed by atoms with Crippen molar-refractivity contribution in [2.45, 2.75) is 6.42 Å². The van der Waals surface area contributed by atoms with E-state index < -0.39 is 4.92 Å². The van der Waals surface area contributed by atoms with Crippen molar-refractivity contribution in [3.63, 3.8) is 0 Å². The third-order valence-electron chi connectivity index (χ3n) is 2.17. The van der Waals surface area contributed by atoms with Crippen molar-refractivity contribution in [3.8, 4) is 0 Å². The second kappa shape index (κ2) is 7.86. The number of benzene rings is 1. The number of aliphatic hydroxyl groups is 1. The fourth-order valence-corrected chi connectivity index (χ4v) is 1.54. The van der Waals surface area contributed by atoms with Gasteiger partial charge in [-0.1, -0.05) is 11.6 Å². The molecule has 0 saturated carbocycles. The molecule has 0 bridgehead atoms. The van der Waals surface area contributed by atoms with Crippen molar-refractivity contribution < 1.29 is 14.8 Å². The lowest BCUT2D eigenvalue weighted by Gasteiger charge is -2.07. The van der Waals surface area contributed by atoms with E-state index in [2.05, 4.69) is 5.32 Å². The Morgan fingerprint density at radius 1 is 1.44 bits per heavy atom. The zero-order valence-corrected chi connectivity index (χ0v) is 10.5. The van der Waals surface area contributed by atoms with Gasteiger partial charge in [0.1, 0.15) is 5.69 Å². The van der Waals surface area contributed by atoms with Crippen LogP contribution in [0.2, 0.25) is 5.02 Å². The van der Waals surface area contributed by atoms with Crippen LogP contribution < -0.4 is 5.32 Å². The number of rotatable bonds is 8. The van der Waals surface area contributed by atoms with Crippen LogP contribution in [0.3, 0.4) is 0 Å². The Hall–Kier alpha value is -1.37. The molecule has 1 aromatic carbocycles. The molecule has 0 aliphatic rings. The average Bonchev–Trinajstić information content (AvgIpc) is 2.35. The van der Waals surface area contributed by atoms with Crippen molar-refractivity contribution in [1.82, 2.24) is 0 Å². The molecule has 18 heavy (non-hydrogen) atoms. The fraction of sp³-hybridized carbons (Fsp3) is 0.455. The zero-order valence-electron chi connectivity index (χ0n) is 9.76. The molecule has 0 heterocycles. The van der Waals surface area contributed by atoms with Gasteiger partial charge in [-0.2, -0.15) is 0 Å². The van der Waals surface area contributed by atoms with Gasteiger partial charge in [-0.25, -0.2) is 0 Å². The summed E-state index contributed by atoms with van der Waals surface area (Å²) in [5.41, 5.74) is 0.394. The van der Waals surface area contributed by atoms with Gasteiger partial charge in [-0.3, -0.25) is 10.1 Å². The predicted octanol–water partition coefficient (Wildman–Crippen LogP) is 2.06. The number of aliphatic hydroxyl groups excluding tert-OH is 1. The minimum absolute atomic E-state index is 0.00388. The fourth-order valence-electron chi connectivity index (χ4n) is 1.37. The smallest absolute Gasteiger partial charge is 0.293 e. The van der Waals surface area contributed by atoms with Gasteiger partial charge < -0.3 is 15.2 Å². The second-order valence-corrected chi connectivity index (χ2v) is 3.97. The highest BCUT2D eigenvalue weighted by Crippen LogP contribution is 2.27. The number of nitrogens with zero attached hydrogens (tertiary/aromatic N) is 1. The standard InChI is InChI=1S/C11H15ClN2O4/c12-9-2-3-10(11(8-9)14(16)17)13-4-1-6-18-7-5-15/h2-3,8,13,15H,1,4-7H2. The van der Waals surface area contributed by atoms with E-state index in [0.29, 0.717) is 36.9 Å². The first kappa shape index (κ1) is 14.7. The highest BCUT2D eigenvalue weighted by atomic mass is 35.5. The van der Waals surface area contributed by atoms with Gasteiger partial charge in [-0.15, -0.1) is 0 Å². The van der Waals surface area contributed by atoms with E-state index in [1.54, 1.807) is 12.1 Å². The Kier molecular flexibility index (Phi) is 6.42. The quantitative estimate of drug-likeness (QED) is 0.431. The summed E-state index contributed by atoms with van der Waals surface area (Å²) in [5, 5.41) is 22.6. The van der Waals surface area contributed by atoms with Crippen LogP contribution in [0.25, 0.3) is 0 Å². The molecule has 7 heteroatoms. The highest BCUT2D eigenvalue weighted by Gasteiger charge is 2.13. The summed E-state index contributed by atoms with van der Waals surface area (Å²) in [6, 6.07) is 4.49. The Labute approximate surface area is 110 Å². The van der Waals surface area contributed by atoms with Gasteiger partial charge in [0, 0.05) is 24.2 Å². The van der Waals surface area contributed by atoms with Crippen molar-refractivity contribution >= 4 is 23.0 Å². The first-order chi connectivity index (χ1) is 8.65. The topological polar surface area (TPSA) is 84.6 Å². The minimum Gasteiger partial charge on any atom is -0.394 e. The Morgan fingerprint density at radius 3 is 2.89 bits per heavy atom. The maximum Gasteiger partial charge on any atom is 0.293 e. The van der Waals surface area contributed by atoms with Crippen molar-refractivity contribution in [3.05, 3.63) is 33.3 Å². The van der Waals surface area contributed by atoms with E-state index in [4.69, 9.17) is 21.4 Å². The summed E-state index contributed by atoms with van der Waals surface area (Å²) < 4.78 is 5.07. The number of hydrogen-bond donors (Lipinski definition) is 2. The minimum atomic E-state index is -0.476. The summed E-state index contributed by atoms with van der Waals surface area (Å²) in [6.45, 7) is 1.35. The van der Waals surface area contributed by atoms with Crippen LogP contribution in [-0.4, -0.2) is 36.4 Å². The van der Waals surface area contributed by atoms with Crippen LogP contribution in [-0.2, 0) is 4.74 Å². The summed E-state index contributed by atoms with van der Waals surface area (Å²) in [4.78, 5) is 10.3. The number of halogens is 1. The maximum atomic E-state index is 10.8. The van der Waals surface area contributed by atoms with Gasteiger partial charge in [0.15, 0.2) is 0 Å². The molecule has 0 radical (unpaired) electrons. The molecule has 100 valence electrons. The van der Waals surface area contributed by atoms with Crippen LogP contribution in [0.5, 0.6) is 0 Å². The number of hydrogen-bond acceptors (Lipinski definition) is 5. The molecule has 1 aromatic rings. The summed E-state index contributed by atoms with van der Waals surface area (Å²) >= 11 is 5.70. The monoisotopic (exact) mass is 274 g/mol. The van der Waals surface area contributed by atoms with E-state index in [0.717, 1.165) is 0 Å². The van der Waals surface area contributed by atoms with Crippen LogP contribution in [0.15, 0.2) is 18.2 Å². The Balaban J connectivity index is 2.44. The van der Waals surface area contributed by atoms with E-state index >= 15 is 0 Å². The molecule has 0 unspecified atom stereocenters. The summed E-state index contributed by atoms with van der Waals surface area (Å²) in [7, 11) is 0. The van der Waals surface area contributed by atoms with Crippen LogP contribution in [0, 0.1) is 10.1 Å². The van der Waals surface area contributed by atoms with Crippen molar-refractivity contribution in [2.75, 3.05) is 31.7 Å². The third-order valence-corrected chi connectivity index (χ3v) is 2.41. The molecule has 0 spiro atoms. The number of anilines is 1. The second-order valence-electron chi connectivity index (χ2n) is 3.53. The largest absolute Gasteiger partial charge is 0.394 e. The van der Waals surface area contributed by atoms with Gasteiger partial charge in [0.25, 0.3) is 5.69 Å². The molecule has 6 nitrogen and oxygen atoms in total. The SMILES string of the molecule is O=[N+]([O-])c1cc(Cl)ccc1NCCCOCCO. The molecular weight excluding hydrogens is 260 g/mol. The molecule has 0 amide bonds. The van der Waals surface area contributed by atoms with E-state index in [-0.39, 0.29) is 12.3 Å². The number of ether oxygens (including phenoxy) is 1. The summed E-state index contributed by atoms with van der Waals surface area (Å²) in [5.74, 6) is 0. The predicted molar refractivity (Wildman–Crippen MR) is 69.1 cm³/mol. The zero-order chi connectivity index (χ0) is 13.4. The average molecular weight is 275 g/mol. The molecule has 0 aliphatic carbocycles. The number of nitro groups is 1. The normalized spacial score (nSPS) is 10.3. The van der Waals surface area contributed by atoms with Crippen LogP contribution in [0.1, 0.15) is 6.42 Å². The first-order valence-corrected chi connectivity index (χ1v) is 5.89. The molecule has 0 fully saturated rings. The number of nitrogens with one attached hydrogen (secondary N) is 1. The van der Waals surface area contributed by atoms with Crippen molar-refractivity contribution in [2.24, 2.45) is 0 Å². The summed E-state index contributed by atoms with van der Waals surface area (Å²) in [6.07, 6.45) is 0.694. The molecule has 1 rings (SSSR count). The van der Waals surface area contributed by atoms with Crippen LogP contribution in [0.4, 0.5) is 11.4 Å². The highest BCUT2D eigenvalue weighted by molar-refractivity contribution is 6.30. The molecule has 2 N–H and O–H groups in total. The molecule has 0 saturated heterocycles. The van der Waals surface area contributed by atoms with E-state index in [9.17, 15) is 10.1 Å². The lowest BCUT2D eigenvalue weighted by atomic mass is 10.2. The van der Waals surface area contributed by atoms with Gasteiger partial charge in [0.05, 0.1) is 18.1 Å². The lowest BCUT2D eigenvalue weighted by Crippen LogP contribution is -2.08. The van der Waals surface area contributed by atoms with E-state index in [1.165, 1.54) is 6.07 Å². The first-order valence-electron chi connectivity index (χ1n) is 5.51. The maximum absolute atomic E-state index is 10.8. The molecule has 0 atom stereocenters. The van der Waals surface area contributed by atoms with Crippen LogP contribution >= 0.6 is 11.6 Å².